The molecule has 2 amide bonds. The van der Waals surface area contributed by atoms with Crippen LogP contribution >= 0.6 is 22.6 Å². The molecule has 0 saturated carbocycles. The Hall–Kier alpha value is -2.92. The maximum Gasteiger partial charge on any atom is 0.264 e. The highest BCUT2D eigenvalue weighted by Crippen LogP contribution is 2.24. The summed E-state index contributed by atoms with van der Waals surface area (Å²) in [6.07, 6.45) is 0. The fourth-order valence-corrected chi connectivity index (χ4v) is 4.61. The van der Waals surface area contributed by atoms with Gasteiger partial charge < -0.3 is 10.6 Å². The van der Waals surface area contributed by atoms with Crippen molar-refractivity contribution in [3.63, 3.8) is 0 Å². The molecule has 0 fully saturated rings. The molecule has 160 valence electrons. The van der Waals surface area contributed by atoms with E-state index in [-0.39, 0.29) is 10.8 Å². The molecular weight excluding hydrogens is 529 g/mol. The summed E-state index contributed by atoms with van der Waals surface area (Å²) in [5, 5.41) is 5.34. The Balaban J connectivity index is 1.84. The molecule has 2 N–H and O–H groups in total. The first-order chi connectivity index (χ1) is 14.8. The Kier molecular flexibility index (Phi) is 7.29. The van der Waals surface area contributed by atoms with Crippen molar-refractivity contribution in [2.24, 2.45) is 0 Å². The molecule has 3 aromatic carbocycles. The van der Waals surface area contributed by atoms with E-state index in [2.05, 4.69) is 33.2 Å². The average molecular weight is 549 g/mol. The van der Waals surface area contributed by atoms with Crippen LogP contribution in [0.2, 0.25) is 0 Å². The first kappa shape index (κ1) is 22.8. The van der Waals surface area contributed by atoms with E-state index >= 15 is 0 Å². The lowest BCUT2D eigenvalue weighted by Crippen LogP contribution is -2.38. The Morgan fingerprint density at radius 3 is 1.94 bits per heavy atom. The van der Waals surface area contributed by atoms with Gasteiger partial charge in [-0.3, -0.25) is 13.9 Å². The van der Waals surface area contributed by atoms with E-state index in [1.807, 2.05) is 0 Å². The van der Waals surface area contributed by atoms with Crippen molar-refractivity contribution in [1.29, 1.82) is 0 Å². The molecule has 0 radical (unpaired) electrons. The third kappa shape index (κ3) is 6.05. The van der Waals surface area contributed by atoms with Crippen molar-refractivity contribution in [3.8, 4) is 0 Å². The fraction of sp³-hybridized carbons (Fsp3) is 0.0909. The summed E-state index contributed by atoms with van der Waals surface area (Å²) in [5.41, 5.74) is 1.47. The molecule has 9 heteroatoms. The van der Waals surface area contributed by atoms with Crippen LogP contribution in [0.25, 0.3) is 0 Å². The molecule has 0 aliphatic rings. The highest BCUT2D eigenvalue weighted by molar-refractivity contribution is 14.1. The van der Waals surface area contributed by atoms with Crippen LogP contribution in [0.3, 0.4) is 0 Å². The molecule has 0 aromatic heterocycles. The summed E-state index contributed by atoms with van der Waals surface area (Å²) in [6.45, 7) is 1.01. The lowest BCUT2D eigenvalue weighted by atomic mass is 10.2. The lowest BCUT2D eigenvalue weighted by molar-refractivity contribution is -0.115. The predicted octanol–water partition coefficient (Wildman–Crippen LogP) is 4.08. The third-order valence-electron chi connectivity index (χ3n) is 4.22. The molecule has 0 saturated heterocycles. The molecule has 3 rings (SSSR count). The van der Waals surface area contributed by atoms with Gasteiger partial charge in [-0.05, 0) is 83.3 Å². The maximum absolute atomic E-state index is 13.3. The summed E-state index contributed by atoms with van der Waals surface area (Å²) in [7, 11) is -3.95. The first-order valence-corrected chi connectivity index (χ1v) is 11.8. The fourth-order valence-electron chi connectivity index (χ4n) is 2.81. The Labute approximate surface area is 194 Å². The lowest BCUT2D eigenvalue weighted by Gasteiger charge is -2.24. The van der Waals surface area contributed by atoms with Gasteiger partial charge in [0.05, 0.1) is 10.6 Å². The van der Waals surface area contributed by atoms with Crippen LogP contribution in [0.5, 0.6) is 0 Å². The van der Waals surface area contributed by atoms with Gasteiger partial charge in [0.25, 0.3) is 10.0 Å². The molecule has 31 heavy (non-hydrogen) atoms. The molecule has 0 aliphatic heterocycles. The van der Waals surface area contributed by atoms with Crippen LogP contribution in [0.4, 0.5) is 17.1 Å². The zero-order valence-corrected chi connectivity index (χ0v) is 19.6. The smallest absolute Gasteiger partial charge is 0.264 e. The van der Waals surface area contributed by atoms with Crippen molar-refractivity contribution < 1.29 is 18.0 Å². The van der Waals surface area contributed by atoms with E-state index in [0.717, 1.165) is 7.88 Å². The zero-order valence-electron chi connectivity index (χ0n) is 16.6. The minimum atomic E-state index is -3.95. The number of rotatable bonds is 7. The van der Waals surface area contributed by atoms with E-state index in [1.54, 1.807) is 66.7 Å². The van der Waals surface area contributed by atoms with Gasteiger partial charge in [-0.1, -0.05) is 18.2 Å². The van der Waals surface area contributed by atoms with Crippen molar-refractivity contribution in [1.82, 2.24) is 0 Å². The van der Waals surface area contributed by atoms with Gasteiger partial charge in [-0.2, -0.15) is 0 Å². The number of nitrogens with one attached hydrogen (secondary N) is 2. The van der Waals surface area contributed by atoms with Gasteiger partial charge in [-0.15, -0.1) is 0 Å². The second kappa shape index (κ2) is 9.92. The molecule has 0 spiro atoms. The number of hydrogen-bond acceptors (Lipinski definition) is 4. The molecule has 0 bridgehead atoms. The van der Waals surface area contributed by atoms with Crippen LogP contribution in [0.15, 0.2) is 83.8 Å². The van der Waals surface area contributed by atoms with E-state index in [4.69, 9.17) is 0 Å². The SMILES string of the molecule is CC(=O)Nc1ccc(NC(=O)CN(c2ccc(I)cc2)S(=O)(=O)c2ccccc2)cc1. The third-order valence-corrected chi connectivity index (χ3v) is 6.73. The number of sulfonamides is 1. The van der Waals surface area contributed by atoms with Crippen LogP contribution < -0.4 is 14.9 Å². The summed E-state index contributed by atoms with van der Waals surface area (Å²) in [5.74, 6) is -0.693. The van der Waals surface area contributed by atoms with Crippen molar-refractivity contribution in [2.45, 2.75) is 11.8 Å². The van der Waals surface area contributed by atoms with Gasteiger partial charge in [0, 0.05) is 21.9 Å². The summed E-state index contributed by atoms with van der Waals surface area (Å²) >= 11 is 2.13. The largest absolute Gasteiger partial charge is 0.326 e. The van der Waals surface area contributed by atoms with E-state index in [9.17, 15) is 18.0 Å². The summed E-state index contributed by atoms with van der Waals surface area (Å²) in [4.78, 5) is 23.9. The Morgan fingerprint density at radius 1 is 0.839 bits per heavy atom. The number of hydrogen-bond donors (Lipinski definition) is 2. The van der Waals surface area contributed by atoms with Crippen LogP contribution in [-0.2, 0) is 19.6 Å². The first-order valence-electron chi connectivity index (χ1n) is 9.26. The normalized spacial score (nSPS) is 10.9. The number of nitrogens with zero attached hydrogens (tertiary/aromatic N) is 1. The molecule has 3 aromatic rings. The molecule has 0 unspecified atom stereocenters. The summed E-state index contributed by atoms with van der Waals surface area (Å²) < 4.78 is 28.5. The van der Waals surface area contributed by atoms with Gasteiger partial charge in [-0.25, -0.2) is 8.42 Å². The van der Waals surface area contributed by atoms with Crippen molar-refractivity contribution >= 4 is 61.5 Å². The van der Waals surface area contributed by atoms with Crippen molar-refractivity contribution in [3.05, 3.63) is 82.4 Å². The monoisotopic (exact) mass is 549 g/mol. The predicted molar refractivity (Wildman–Crippen MR) is 130 cm³/mol. The molecular formula is C22H20IN3O4S. The second-order valence-corrected chi connectivity index (χ2v) is 9.72. The number of carbonyl (C=O) groups is 2. The minimum absolute atomic E-state index is 0.0982. The van der Waals surface area contributed by atoms with Gasteiger partial charge >= 0.3 is 0 Å². The Morgan fingerprint density at radius 2 is 1.39 bits per heavy atom. The summed E-state index contributed by atoms with van der Waals surface area (Å²) in [6, 6.07) is 21.4. The van der Waals surface area contributed by atoms with Gasteiger partial charge in [0.1, 0.15) is 6.54 Å². The van der Waals surface area contributed by atoms with Gasteiger partial charge in [0.2, 0.25) is 11.8 Å². The number of halogens is 1. The molecule has 0 aliphatic carbocycles. The van der Waals surface area contributed by atoms with Crippen LogP contribution in [0, 0.1) is 3.57 Å². The maximum atomic E-state index is 13.3. The second-order valence-electron chi connectivity index (χ2n) is 6.61. The highest BCUT2D eigenvalue weighted by Gasteiger charge is 2.27. The molecule has 0 heterocycles. The number of anilines is 3. The molecule has 0 atom stereocenters. The number of amides is 2. The topological polar surface area (TPSA) is 95.6 Å². The van der Waals surface area contributed by atoms with Gasteiger partial charge in [0.15, 0.2) is 0 Å². The van der Waals surface area contributed by atoms with E-state index in [1.165, 1.54) is 19.1 Å². The minimum Gasteiger partial charge on any atom is -0.326 e. The van der Waals surface area contributed by atoms with Crippen LogP contribution in [-0.4, -0.2) is 26.8 Å². The van der Waals surface area contributed by atoms with E-state index < -0.39 is 22.5 Å². The van der Waals surface area contributed by atoms with Crippen molar-refractivity contribution in [2.75, 3.05) is 21.5 Å². The zero-order chi connectivity index (χ0) is 22.4. The molecule has 7 nitrogen and oxygen atoms in total. The standard InChI is InChI=1S/C22H20IN3O4S/c1-16(27)24-18-9-11-19(12-10-18)25-22(28)15-26(20-13-7-17(23)8-14-20)31(29,30)21-5-3-2-4-6-21/h2-14H,15H2,1H3,(H,24,27)(H,25,28). The Bertz CT molecular complexity index is 1170. The van der Waals surface area contributed by atoms with Crippen LogP contribution in [0.1, 0.15) is 6.92 Å². The average Bonchev–Trinajstić information content (AvgIpc) is 2.74. The highest BCUT2D eigenvalue weighted by atomic mass is 127. The van der Waals surface area contributed by atoms with E-state index in [0.29, 0.717) is 17.1 Å². The number of benzene rings is 3. The number of carbonyl (C=O) groups excluding carboxylic acids is 2. The quantitative estimate of drug-likeness (QED) is 0.435.